The van der Waals surface area contributed by atoms with Gasteiger partial charge in [-0.05, 0) is 37.9 Å². The number of nitrogens with one attached hydrogen (secondary N) is 1. The Morgan fingerprint density at radius 2 is 2.15 bits per heavy atom. The molecule has 2 saturated heterocycles. The van der Waals surface area contributed by atoms with E-state index in [1.807, 2.05) is 24.4 Å². The minimum Gasteiger partial charge on any atom is -0.305 e. The van der Waals surface area contributed by atoms with Gasteiger partial charge in [0.05, 0.1) is 6.54 Å². The van der Waals surface area contributed by atoms with E-state index in [-0.39, 0.29) is 0 Å². The predicted molar refractivity (Wildman–Crippen MR) is 77.4 cm³/mol. The second kappa shape index (κ2) is 5.14. The van der Waals surface area contributed by atoms with Crippen molar-refractivity contribution >= 4 is 5.65 Å². The lowest BCUT2D eigenvalue weighted by molar-refractivity contribution is 0.180. The van der Waals surface area contributed by atoms with E-state index in [9.17, 15) is 0 Å². The lowest BCUT2D eigenvalue weighted by Gasteiger charge is -2.32. The zero-order valence-electron chi connectivity index (χ0n) is 11.7. The van der Waals surface area contributed by atoms with E-state index < -0.39 is 0 Å². The lowest BCUT2D eigenvalue weighted by Crippen LogP contribution is -2.44. The maximum Gasteiger partial charge on any atom is 0.160 e. The molecule has 0 radical (unpaired) electrons. The van der Waals surface area contributed by atoms with E-state index in [4.69, 9.17) is 0 Å². The minimum absolute atomic E-state index is 0.617. The normalized spacial score (nSPS) is 27.0. The topological polar surface area (TPSA) is 45.5 Å². The Labute approximate surface area is 119 Å². The molecule has 106 valence electrons. The fourth-order valence-electron chi connectivity index (χ4n) is 3.72. The van der Waals surface area contributed by atoms with Gasteiger partial charge in [-0.2, -0.15) is 0 Å². The van der Waals surface area contributed by atoms with Crippen LogP contribution in [0.1, 0.15) is 31.5 Å². The fourth-order valence-corrected chi connectivity index (χ4v) is 3.72. The second-order valence-electron chi connectivity index (χ2n) is 5.92. The summed E-state index contributed by atoms with van der Waals surface area (Å²) in [7, 11) is 0. The van der Waals surface area contributed by atoms with E-state index in [2.05, 4.69) is 24.8 Å². The minimum atomic E-state index is 0.617. The molecule has 0 bridgehead atoms. The van der Waals surface area contributed by atoms with Gasteiger partial charge in [-0.3, -0.25) is 9.30 Å². The first-order chi connectivity index (χ1) is 9.92. The van der Waals surface area contributed by atoms with Crippen LogP contribution < -0.4 is 5.32 Å². The van der Waals surface area contributed by atoms with Gasteiger partial charge in [0.2, 0.25) is 0 Å². The van der Waals surface area contributed by atoms with Crippen LogP contribution in [0.15, 0.2) is 24.4 Å². The van der Waals surface area contributed by atoms with Crippen molar-refractivity contribution in [1.82, 2.24) is 24.8 Å². The summed E-state index contributed by atoms with van der Waals surface area (Å²) in [6.45, 7) is 3.35. The molecule has 5 heteroatoms. The number of pyridine rings is 1. The third-order valence-corrected chi connectivity index (χ3v) is 4.76. The number of hydrogen-bond donors (Lipinski definition) is 1. The van der Waals surface area contributed by atoms with Crippen molar-refractivity contribution in [2.75, 3.05) is 13.1 Å². The van der Waals surface area contributed by atoms with Crippen LogP contribution >= 0.6 is 0 Å². The second-order valence-corrected chi connectivity index (χ2v) is 5.92. The molecule has 2 aliphatic rings. The van der Waals surface area contributed by atoms with E-state index in [0.29, 0.717) is 6.04 Å². The molecule has 2 aromatic rings. The van der Waals surface area contributed by atoms with Crippen molar-refractivity contribution in [1.29, 1.82) is 0 Å². The van der Waals surface area contributed by atoms with Crippen LogP contribution in [0.3, 0.4) is 0 Å². The Balaban J connectivity index is 1.45. The summed E-state index contributed by atoms with van der Waals surface area (Å²) in [6, 6.07) is 7.38. The molecule has 2 atom stereocenters. The number of aromatic nitrogens is 3. The molecule has 2 fully saturated rings. The zero-order chi connectivity index (χ0) is 13.4. The summed E-state index contributed by atoms with van der Waals surface area (Å²) in [5.74, 6) is 1.01. The van der Waals surface area contributed by atoms with Crippen molar-refractivity contribution in [2.24, 2.45) is 0 Å². The van der Waals surface area contributed by atoms with Gasteiger partial charge in [-0.15, -0.1) is 10.2 Å². The highest BCUT2D eigenvalue weighted by atomic mass is 15.3. The first-order valence-electron chi connectivity index (χ1n) is 7.68. The molecule has 0 aliphatic carbocycles. The molecule has 4 heterocycles. The number of nitrogens with zero attached hydrogens (tertiary/aromatic N) is 4. The van der Waals surface area contributed by atoms with Crippen LogP contribution in [0.2, 0.25) is 0 Å². The number of hydrogen-bond acceptors (Lipinski definition) is 4. The highest BCUT2D eigenvalue weighted by Gasteiger charge is 2.35. The van der Waals surface area contributed by atoms with E-state index in [0.717, 1.165) is 24.1 Å². The molecule has 0 amide bonds. The summed E-state index contributed by atoms with van der Waals surface area (Å²) >= 11 is 0. The predicted octanol–water partition coefficient (Wildman–Crippen LogP) is 1.45. The van der Waals surface area contributed by atoms with Crippen molar-refractivity contribution in [3.8, 4) is 0 Å². The summed E-state index contributed by atoms with van der Waals surface area (Å²) in [5.41, 5.74) is 0.926. The molecule has 5 nitrogen and oxygen atoms in total. The summed E-state index contributed by atoms with van der Waals surface area (Å²) < 4.78 is 2.07. The molecule has 0 spiro atoms. The van der Waals surface area contributed by atoms with Crippen LogP contribution in [0.25, 0.3) is 5.65 Å². The molecule has 2 unspecified atom stereocenters. The fraction of sp³-hybridized carbons (Fsp3) is 0.600. The Bertz CT molecular complexity index is 593. The number of fused-ring (bicyclic) bond motifs is 2. The van der Waals surface area contributed by atoms with Gasteiger partial charge in [0.25, 0.3) is 0 Å². The zero-order valence-corrected chi connectivity index (χ0v) is 11.7. The molecule has 4 rings (SSSR count). The van der Waals surface area contributed by atoms with Crippen molar-refractivity contribution in [3.63, 3.8) is 0 Å². The third-order valence-electron chi connectivity index (χ3n) is 4.76. The molecular weight excluding hydrogens is 250 g/mol. The molecule has 0 aromatic carbocycles. The van der Waals surface area contributed by atoms with Crippen LogP contribution in [0, 0.1) is 0 Å². The molecular formula is C15H21N5. The van der Waals surface area contributed by atoms with Gasteiger partial charge in [0.15, 0.2) is 11.5 Å². The summed E-state index contributed by atoms with van der Waals surface area (Å²) in [6.07, 6.45) is 7.40. The summed E-state index contributed by atoms with van der Waals surface area (Å²) in [5, 5.41) is 12.2. The smallest absolute Gasteiger partial charge is 0.160 e. The van der Waals surface area contributed by atoms with Crippen LogP contribution in [-0.4, -0.2) is 44.7 Å². The average molecular weight is 271 g/mol. The van der Waals surface area contributed by atoms with Gasteiger partial charge >= 0.3 is 0 Å². The molecule has 0 saturated carbocycles. The van der Waals surface area contributed by atoms with E-state index >= 15 is 0 Å². The molecule has 20 heavy (non-hydrogen) atoms. The van der Waals surface area contributed by atoms with Crippen LogP contribution in [0.5, 0.6) is 0 Å². The van der Waals surface area contributed by atoms with Gasteiger partial charge in [0, 0.05) is 24.8 Å². The van der Waals surface area contributed by atoms with Crippen molar-refractivity contribution in [2.45, 2.75) is 44.3 Å². The SMILES string of the molecule is c1ccn2c(CNC3CCN4CCCCC34)nnc2c1. The van der Waals surface area contributed by atoms with Crippen molar-refractivity contribution < 1.29 is 0 Å². The van der Waals surface area contributed by atoms with Crippen LogP contribution in [0.4, 0.5) is 0 Å². The Morgan fingerprint density at radius 3 is 3.15 bits per heavy atom. The first kappa shape index (κ1) is 12.3. The average Bonchev–Trinajstić information content (AvgIpc) is 3.09. The lowest BCUT2D eigenvalue weighted by atomic mass is 9.99. The van der Waals surface area contributed by atoms with Gasteiger partial charge in [-0.25, -0.2) is 0 Å². The largest absolute Gasteiger partial charge is 0.305 e. The summed E-state index contributed by atoms with van der Waals surface area (Å²) in [4.78, 5) is 2.66. The molecule has 2 aliphatic heterocycles. The van der Waals surface area contributed by atoms with Gasteiger partial charge in [-0.1, -0.05) is 12.5 Å². The van der Waals surface area contributed by atoms with E-state index in [1.54, 1.807) is 0 Å². The standard InChI is InChI=1S/C15H21N5/c1-3-8-19-10-7-12(13(19)5-1)16-11-15-18-17-14-6-2-4-9-20(14)15/h2,4,6,9,12-13,16H,1,3,5,7-8,10-11H2. The Morgan fingerprint density at radius 1 is 1.15 bits per heavy atom. The molecule has 2 aromatic heterocycles. The highest BCUT2D eigenvalue weighted by Crippen LogP contribution is 2.27. The van der Waals surface area contributed by atoms with Gasteiger partial charge < -0.3 is 5.32 Å². The Kier molecular flexibility index (Phi) is 3.16. The van der Waals surface area contributed by atoms with E-state index in [1.165, 1.54) is 38.8 Å². The van der Waals surface area contributed by atoms with Gasteiger partial charge in [0.1, 0.15) is 0 Å². The third kappa shape index (κ3) is 2.11. The highest BCUT2D eigenvalue weighted by molar-refractivity contribution is 5.36. The molecule has 1 N–H and O–H groups in total. The monoisotopic (exact) mass is 271 g/mol. The van der Waals surface area contributed by atoms with Crippen LogP contribution in [-0.2, 0) is 6.54 Å². The Hall–Kier alpha value is -1.46. The number of piperidine rings is 1. The maximum absolute atomic E-state index is 4.30. The quantitative estimate of drug-likeness (QED) is 0.917. The first-order valence-corrected chi connectivity index (χ1v) is 7.68. The maximum atomic E-state index is 4.30. The van der Waals surface area contributed by atoms with Crippen molar-refractivity contribution in [3.05, 3.63) is 30.2 Å². The number of rotatable bonds is 3.